The fourth-order valence-electron chi connectivity index (χ4n) is 2.36. The molecule has 4 aromatic heterocycles. The van der Waals surface area contributed by atoms with E-state index in [9.17, 15) is 0 Å². The summed E-state index contributed by atoms with van der Waals surface area (Å²) in [7, 11) is 0. The van der Waals surface area contributed by atoms with Crippen LogP contribution in [0.5, 0.6) is 0 Å². The van der Waals surface area contributed by atoms with Crippen molar-refractivity contribution in [2.75, 3.05) is 5.32 Å². The summed E-state index contributed by atoms with van der Waals surface area (Å²) in [4.78, 5) is 21.6. The summed E-state index contributed by atoms with van der Waals surface area (Å²) in [6, 6.07) is 15.4. The molecule has 0 unspecified atom stereocenters. The summed E-state index contributed by atoms with van der Waals surface area (Å²) in [5.41, 5.74) is 3.34. The van der Waals surface area contributed by atoms with Crippen molar-refractivity contribution in [1.82, 2.24) is 24.9 Å². The third-order valence-electron chi connectivity index (χ3n) is 3.55. The molecule has 0 aliphatic carbocycles. The summed E-state index contributed by atoms with van der Waals surface area (Å²) in [6.45, 7) is 0. The highest BCUT2D eigenvalue weighted by atomic mass is 35.5. The molecular weight excluding hydrogens is 383 g/mol. The molecule has 0 fully saturated rings. The molecule has 0 saturated carbocycles. The molecule has 1 N–H and O–H groups in total. The Kier molecular flexibility index (Phi) is 7.16. The SMILES string of the molecule is Cl.Cl.c1ccc(-c2ccc(Nc3cccc(-c4cnccn4)n3)nc2)nc1. The Morgan fingerprint density at radius 2 is 1.44 bits per heavy atom. The fourth-order valence-corrected chi connectivity index (χ4v) is 2.36. The Morgan fingerprint density at radius 1 is 0.593 bits per heavy atom. The largest absolute Gasteiger partial charge is 0.325 e. The van der Waals surface area contributed by atoms with Gasteiger partial charge in [0.1, 0.15) is 17.3 Å². The molecule has 136 valence electrons. The lowest BCUT2D eigenvalue weighted by Crippen LogP contribution is -1.97. The Hall–Kier alpha value is -3.09. The van der Waals surface area contributed by atoms with Crippen molar-refractivity contribution in [3.8, 4) is 22.6 Å². The lowest BCUT2D eigenvalue weighted by molar-refractivity contribution is 1.17. The molecule has 0 amide bonds. The van der Waals surface area contributed by atoms with Crippen LogP contribution in [-0.4, -0.2) is 24.9 Å². The molecule has 4 aromatic rings. The predicted octanol–water partition coefficient (Wildman–Crippen LogP) is 4.58. The second-order valence-electron chi connectivity index (χ2n) is 5.27. The van der Waals surface area contributed by atoms with Gasteiger partial charge in [-0.15, -0.1) is 24.8 Å². The molecule has 0 aromatic carbocycles. The Morgan fingerprint density at radius 3 is 2.15 bits per heavy atom. The van der Waals surface area contributed by atoms with E-state index in [4.69, 9.17) is 0 Å². The van der Waals surface area contributed by atoms with Crippen LogP contribution in [0.2, 0.25) is 0 Å². The summed E-state index contributed by atoms with van der Waals surface area (Å²) in [5.74, 6) is 1.41. The Balaban J connectivity index is 0.00000131. The van der Waals surface area contributed by atoms with Gasteiger partial charge in [-0.25, -0.2) is 9.97 Å². The smallest absolute Gasteiger partial charge is 0.132 e. The van der Waals surface area contributed by atoms with Crippen LogP contribution < -0.4 is 5.32 Å². The normalized spacial score (nSPS) is 9.63. The highest BCUT2D eigenvalue weighted by Gasteiger charge is 2.04. The van der Waals surface area contributed by atoms with Crippen LogP contribution in [0.3, 0.4) is 0 Å². The highest BCUT2D eigenvalue weighted by molar-refractivity contribution is 5.85. The monoisotopic (exact) mass is 398 g/mol. The Bertz CT molecular complexity index is 966. The summed E-state index contributed by atoms with van der Waals surface area (Å²) < 4.78 is 0. The maximum Gasteiger partial charge on any atom is 0.132 e. The third-order valence-corrected chi connectivity index (χ3v) is 3.55. The van der Waals surface area contributed by atoms with Gasteiger partial charge in [0.15, 0.2) is 0 Å². The number of pyridine rings is 3. The maximum atomic E-state index is 4.55. The van der Waals surface area contributed by atoms with E-state index >= 15 is 0 Å². The van der Waals surface area contributed by atoms with Crippen LogP contribution in [0, 0.1) is 0 Å². The van der Waals surface area contributed by atoms with Gasteiger partial charge in [-0.1, -0.05) is 12.1 Å². The minimum Gasteiger partial charge on any atom is -0.325 e. The first-order valence-electron chi connectivity index (χ1n) is 7.76. The highest BCUT2D eigenvalue weighted by Crippen LogP contribution is 2.20. The minimum atomic E-state index is 0. The zero-order valence-electron chi connectivity index (χ0n) is 14.1. The molecule has 0 aliphatic heterocycles. The van der Waals surface area contributed by atoms with E-state index in [1.165, 1.54) is 0 Å². The van der Waals surface area contributed by atoms with E-state index < -0.39 is 0 Å². The number of hydrogen-bond donors (Lipinski definition) is 1. The van der Waals surface area contributed by atoms with Crippen LogP contribution in [0.1, 0.15) is 0 Å². The van der Waals surface area contributed by atoms with Gasteiger partial charge in [0.25, 0.3) is 0 Å². The molecular formula is C19H16Cl2N6. The molecule has 0 saturated heterocycles. The van der Waals surface area contributed by atoms with Crippen LogP contribution in [0.15, 0.2) is 79.5 Å². The molecule has 4 rings (SSSR count). The van der Waals surface area contributed by atoms with Crippen molar-refractivity contribution in [2.24, 2.45) is 0 Å². The number of halogens is 2. The van der Waals surface area contributed by atoms with Gasteiger partial charge in [-0.2, -0.15) is 0 Å². The lowest BCUT2D eigenvalue weighted by Gasteiger charge is -2.07. The zero-order valence-corrected chi connectivity index (χ0v) is 15.7. The fraction of sp³-hybridized carbons (Fsp3) is 0. The van der Waals surface area contributed by atoms with Gasteiger partial charge in [-0.05, 0) is 36.4 Å². The van der Waals surface area contributed by atoms with E-state index in [0.717, 1.165) is 22.6 Å². The quantitative estimate of drug-likeness (QED) is 0.541. The van der Waals surface area contributed by atoms with Gasteiger partial charge < -0.3 is 5.32 Å². The van der Waals surface area contributed by atoms with E-state index in [2.05, 4.69) is 30.2 Å². The van der Waals surface area contributed by atoms with Crippen molar-refractivity contribution >= 4 is 36.4 Å². The number of aromatic nitrogens is 5. The van der Waals surface area contributed by atoms with Crippen molar-refractivity contribution in [3.63, 3.8) is 0 Å². The number of anilines is 2. The van der Waals surface area contributed by atoms with Crippen LogP contribution in [-0.2, 0) is 0 Å². The van der Waals surface area contributed by atoms with Gasteiger partial charge in [-0.3, -0.25) is 15.0 Å². The van der Waals surface area contributed by atoms with E-state index in [1.807, 2.05) is 48.5 Å². The molecule has 8 heteroatoms. The standard InChI is InChI=1S/C19H14N6.2ClH/c1-2-9-21-15(4-1)14-7-8-18(23-12-14)25-19-6-3-5-16(24-19)17-13-20-10-11-22-17;;/h1-13H,(H,23,24,25);2*1H. The lowest BCUT2D eigenvalue weighted by atomic mass is 10.2. The first-order chi connectivity index (χ1) is 12.4. The molecule has 0 radical (unpaired) electrons. The van der Waals surface area contributed by atoms with Crippen molar-refractivity contribution in [1.29, 1.82) is 0 Å². The topological polar surface area (TPSA) is 76.5 Å². The van der Waals surface area contributed by atoms with Crippen molar-refractivity contribution < 1.29 is 0 Å². The van der Waals surface area contributed by atoms with Crippen molar-refractivity contribution in [3.05, 3.63) is 79.5 Å². The second kappa shape index (κ2) is 9.56. The van der Waals surface area contributed by atoms with Crippen molar-refractivity contribution in [2.45, 2.75) is 0 Å². The second-order valence-corrected chi connectivity index (χ2v) is 5.27. The zero-order chi connectivity index (χ0) is 16.9. The molecule has 0 bridgehead atoms. The first kappa shape index (κ1) is 20.2. The average Bonchev–Trinajstić information content (AvgIpc) is 2.70. The van der Waals surface area contributed by atoms with Crippen LogP contribution in [0.4, 0.5) is 11.6 Å². The Labute approximate surface area is 169 Å². The van der Waals surface area contributed by atoms with Crippen LogP contribution >= 0.6 is 24.8 Å². The summed E-state index contributed by atoms with van der Waals surface area (Å²) in [5, 5.41) is 3.20. The number of rotatable bonds is 4. The number of hydrogen-bond acceptors (Lipinski definition) is 6. The number of nitrogens with one attached hydrogen (secondary N) is 1. The molecule has 27 heavy (non-hydrogen) atoms. The van der Waals surface area contributed by atoms with Gasteiger partial charge in [0, 0.05) is 30.4 Å². The predicted molar refractivity (Wildman–Crippen MR) is 111 cm³/mol. The minimum absolute atomic E-state index is 0. The van der Waals surface area contributed by atoms with Gasteiger partial charge in [0.05, 0.1) is 17.6 Å². The van der Waals surface area contributed by atoms with E-state index in [1.54, 1.807) is 31.0 Å². The van der Waals surface area contributed by atoms with E-state index in [0.29, 0.717) is 11.6 Å². The van der Waals surface area contributed by atoms with Gasteiger partial charge >= 0.3 is 0 Å². The van der Waals surface area contributed by atoms with Crippen LogP contribution in [0.25, 0.3) is 22.6 Å². The summed E-state index contributed by atoms with van der Waals surface area (Å²) >= 11 is 0. The average molecular weight is 399 g/mol. The summed E-state index contributed by atoms with van der Waals surface area (Å²) in [6.07, 6.45) is 8.53. The van der Waals surface area contributed by atoms with Gasteiger partial charge in [0.2, 0.25) is 0 Å². The molecule has 0 atom stereocenters. The molecule has 6 nitrogen and oxygen atoms in total. The number of nitrogens with zero attached hydrogens (tertiary/aromatic N) is 5. The first-order valence-corrected chi connectivity index (χ1v) is 7.76. The molecule has 0 aliphatic rings. The van der Waals surface area contributed by atoms with E-state index in [-0.39, 0.29) is 24.8 Å². The maximum absolute atomic E-state index is 4.55. The molecule has 4 heterocycles. The molecule has 0 spiro atoms. The third kappa shape index (κ3) is 4.97.